The summed E-state index contributed by atoms with van der Waals surface area (Å²) in [5.41, 5.74) is -0.167. The summed E-state index contributed by atoms with van der Waals surface area (Å²) in [5.74, 6) is -1.43. The first-order chi connectivity index (χ1) is 14.5. The molecule has 0 amide bonds. The van der Waals surface area contributed by atoms with Crippen molar-refractivity contribution in [1.29, 1.82) is 0 Å². The lowest BCUT2D eigenvalue weighted by atomic mass is 9.99. The van der Waals surface area contributed by atoms with Crippen molar-refractivity contribution in [1.82, 2.24) is 0 Å². The molecule has 10 nitrogen and oxygen atoms in total. The van der Waals surface area contributed by atoms with E-state index in [0.29, 0.717) is 10.0 Å². The minimum atomic E-state index is -4.91. The number of carbonyl (C=O) groups excluding carboxylic acids is 2. The second kappa shape index (κ2) is 10.3. The fourth-order valence-electron chi connectivity index (χ4n) is 2.47. The monoisotopic (exact) mass is 513 g/mol. The highest BCUT2D eigenvalue weighted by atomic mass is 79.9. The molecule has 31 heavy (non-hydrogen) atoms. The van der Waals surface area contributed by atoms with Crippen molar-refractivity contribution in [2.45, 2.75) is 25.6 Å². The fourth-order valence-corrected chi connectivity index (χ4v) is 3.06. The molecule has 1 aliphatic rings. The van der Waals surface area contributed by atoms with Crippen LogP contribution in [0.5, 0.6) is 5.75 Å². The largest absolute Gasteiger partial charge is 0.511 e. The van der Waals surface area contributed by atoms with Gasteiger partial charge in [-0.15, -0.1) is 10.1 Å². The Hall–Kier alpha value is -3.03. The Balaban J connectivity index is 1.96. The number of ether oxygens (including phenoxy) is 4. The predicted octanol–water partition coefficient (Wildman–Crippen LogP) is 3.72. The van der Waals surface area contributed by atoms with Crippen LogP contribution in [0.4, 0.5) is 18.0 Å². The summed E-state index contributed by atoms with van der Waals surface area (Å²) < 4.78 is 59.4. The highest BCUT2D eigenvalue weighted by Gasteiger charge is 2.49. The van der Waals surface area contributed by atoms with Crippen LogP contribution in [0.25, 0.3) is 6.08 Å². The Bertz CT molecular complexity index is 888. The zero-order valence-electron chi connectivity index (χ0n) is 15.8. The molecule has 1 aromatic rings. The van der Waals surface area contributed by atoms with E-state index in [4.69, 9.17) is 4.74 Å². The maximum Gasteiger partial charge on any atom is 0.511 e. The van der Waals surface area contributed by atoms with Gasteiger partial charge in [0.2, 0.25) is 12.9 Å². The highest BCUT2D eigenvalue weighted by Crippen LogP contribution is 2.40. The van der Waals surface area contributed by atoms with Crippen molar-refractivity contribution < 1.29 is 51.6 Å². The molecule has 0 saturated carbocycles. The molecular formula is C17H15BrF3NO9. The van der Waals surface area contributed by atoms with Crippen LogP contribution >= 0.6 is 15.9 Å². The van der Waals surface area contributed by atoms with E-state index in [0.717, 1.165) is 6.08 Å². The molecule has 0 saturated heterocycles. The van der Waals surface area contributed by atoms with Crippen molar-refractivity contribution in [3.63, 3.8) is 0 Å². The van der Waals surface area contributed by atoms with Crippen molar-refractivity contribution in [2.24, 2.45) is 0 Å². The summed E-state index contributed by atoms with van der Waals surface area (Å²) >= 11 is 3.21. The Morgan fingerprint density at radius 2 is 1.94 bits per heavy atom. The molecule has 0 aliphatic carbocycles. The number of halogens is 4. The van der Waals surface area contributed by atoms with Crippen LogP contribution in [0.15, 0.2) is 22.2 Å². The van der Waals surface area contributed by atoms with Gasteiger partial charge >= 0.3 is 18.3 Å². The lowest BCUT2D eigenvalue weighted by Crippen LogP contribution is -2.41. The zero-order chi connectivity index (χ0) is 23.2. The number of hydrogen-bond acceptors (Lipinski definition) is 9. The van der Waals surface area contributed by atoms with Gasteiger partial charge in [-0.1, -0.05) is 15.9 Å². The van der Waals surface area contributed by atoms with E-state index >= 15 is 0 Å². The van der Waals surface area contributed by atoms with E-state index in [9.17, 15) is 32.9 Å². The summed E-state index contributed by atoms with van der Waals surface area (Å²) in [5, 5.41) is 8.91. The number of fused-ring (bicyclic) bond motifs is 1. The average molecular weight is 514 g/mol. The second-order valence-corrected chi connectivity index (χ2v) is 6.90. The average Bonchev–Trinajstić information content (AvgIpc) is 2.65. The first-order valence-electron chi connectivity index (χ1n) is 8.48. The van der Waals surface area contributed by atoms with Crippen molar-refractivity contribution >= 4 is 34.1 Å². The number of esters is 1. The van der Waals surface area contributed by atoms with E-state index in [1.54, 1.807) is 13.0 Å². The molecule has 0 radical (unpaired) electrons. The molecular weight excluding hydrogens is 499 g/mol. The topological polar surface area (TPSA) is 123 Å². The molecule has 0 bridgehead atoms. The van der Waals surface area contributed by atoms with Gasteiger partial charge in [-0.25, -0.2) is 9.59 Å². The van der Waals surface area contributed by atoms with Gasteiger partial charge in [0.05, 0.1) is 18.8 Å². The van der Waals surface area contributed by atoms with Crippen molar-refractivity contribution in [3.8, 4) is 5.75 Å². The molecule has 0 N–H and O–H groups in total. The standard InChI is InChI=1S/C17H15BrF3NO9/c1-9-5-11(18)6-10-7-12(14(17(19,20)21)31-13(9)10)15(23)28-8-29-16(24)27-3-2-4-30-22(25)26/h5-7,14H,2-4,8H2,1H3. The molecule has 0 spiro atoms. The Morgan fingerprint density at radius 1 is 1.23 bits per heavy atom. The lowest BCUT2D eigenvalue weighted by Gasteiger charge is -2.28. The summed E-state index contributed by atoms with van der Waals surface area (Å²) in [7, 11) is 0. The van der Waals surface area contributed by atoms with Crippen LogP contribution in [-0.4, -0.2) is 49.5 Å². The van der Waals surface area contributed by atoms with Gasteiger partial charge in [0, 0.05) is 16.5 Å². The number of rotatable bonds is 8. The van der Waals surface area contributed by atoms with Crippen molar-refractivity contribution in [3.05, 3.63) is 43.4 Å². The quantitative estimate of drug-likeness (QED) is 0.168. The summed E-state index contributed by atoms with van der Waals surface area (Å²) in [6.45, 7) is -0.0768. The summed E-state index contributed by atoms with van der Waals surface area (Å²) in [4.78, 5) is 37.4. The van der Waals surface area contributed by atoms with Crippen LogP contribution in [0.1, 0.15) is 17.5 Å². The molecule has 0 aromatic heterocycles. The Labute approximate surface area is 181 Å². The van der Waals surface area contributed by atoms with Crippen molar-refractivity contribution in [2.75, 3.05) is 20.0 Å². The molecule has 14 heteroatoms. The molecule has 1 atom stereocenters. The van der Waals surface area contributed by atoms with E-state index in [1.165, 1.54) is 6.07 Å². The van der Waals surface area contributed by atoms with Crippen LogP contribution in [0.3, 0.4) is 0 Å². The lowest BCUT2D eigenvalue weighted by molar-refractivity contribution is -0.757. The molecule has 170 valence electrons. The first kappa shape index (κ1) is 24.2. The number of carbonyl (C=O) groups is 2. The van der Waals surface area contributed by atoms with Gasteiger partial charge in [-0.3, -0.25) is 0 Å². The number of hydrogen-bond donors (Lipinski definition) is 0. The number of alkyl halides is 3. The first-order valence-corrected chi connectivity index (χ1v) is 9.27. The summed E-state index contributed by atoms with van der Waals surface area (Å²) in [6, 6.07) is 3.03. The Kier molecular flexibility index (Phi) is 8.08. The maximum atomic E-state index is 13.4. The van der Waals surface area contributed by atoms with E-state index in [-0.39, 0.29) is 30.9 Å². The third-order valence-corrected chi connectivity index (χ3v) is 4.16. The SMILES string of the molecule is Cc1cc(Br)cc2c1OC(C(F)(F)F)C(C(=O)OCOC(=O)OCCCO[N+](=O)[O-])=C2. The predicted molar refractivity (Wildman–Crippen MR) is 98.3 cm³/mol. The fraction of sp³-hybridized carbons (Fsp3) is 0.412. The molecule has 1 aliphatic heterocycles. The minimum Gasteiger partial charge on any atom is -0.475 e. The van der Waals surface area contributed by atoms with E-state index < -0.39 is 41.9 Å². The second-order valence-electron chi connectivity index (χ2n) is 5.98. The minimum absolute atomic E-state index is 0.0122. The zero-order valence-corrected chi connectivity index (χ0v) is 17.4. The number of nitrogens with zero attached hydrogens (tertiary/aromatic N) is 1. The number of aryl methyl sites for hydroxylation is 1. The van der Waals surface area contributed by atoms with Gasteiger partial charge in [0.1, 0.15) is 5.75 Å². The molecule has 1 aromatic carbocycles. The van der Waals surface area contributed by atoms with Gasteiger partial charge < -0.3 is 23.8 Å². The number of benzene rings is 1. The third-order valence-electron chi connectivity index (χ3n) is 3.70. The normalized spacial score (nSPS) is 15.1. The van der Waals surface area contributed by atoms with Gasteiger partial charge in [0.25, 0.3) is 5.09 Å². The molecule has 2 rings (SSSR count). The van der Waals surface area contributed by atoms with Crippen LogP contribution in [0.2, 0.25) is 0 Å². The van der Waals surface area contributed by atoms with Crippen LogP contribution in [0, 0.1) is 17.0 Å². The van der Waals surface area contributed by atoms with Gasteiger partial charge in [-0.2, -0.15) is 13.2 Å². The Morgan fingerprint density at radius 3 is 2.58 bits per heavy atom. The smallest absolute Gasteiger partial charge is 0.475 e. The van der Waals surface area contributed by atoms with Crippen LogP contribution in [-0.2, 0) is 23.8 Å². The maximum absolute atomic E-state index is 13.4. The molecule has 1 heterocycles. The summed E-state index contributed by atoms with van der Waals surface area (Å²) in [6.07, 6.45) is -7.79. The van der Waals surface area contributed by atoms with E-state index in [1.807, 2.05) is 0 Å². The van der Waals surface area contributed by atoms with Gasteiger partial charge in [-0.05, 0) is 30.7 Å². The molecule has 1 unspecified atom stereocenters. The highest BCUT2D eigenvalue weighted by molar-refractivity contribution is 9.10. The van der Waals surface area contributed by atoms with Crippen LogP contribution < -0.4 is 4.74 Å². The van der Waals surface area contributed by atoms with E-state index in [2.05, 4.69) is 35.0 Å². The molecule has 0 fully saturated rings. The van der Waals surface area contributed by atoms with Gasteiger partial charge in [0.15, 0.2) is 0 Å². The third kappa shape index (κ3) is 7.01.